The molecule has 0 radical (unpaired) electrons. The molecule has 2 N–H and O–H groups in total. The van der Waals surface area contributed by atoms with E-state index in [4.69, 9.17) is 4.74 Å². The fourth-order valence-electron chi connectivity index (χ4n) is 2.60. The summed E-state index contributed by atoms with van der Waals surface area (Å²) in [6, 6.07) is 0.365. The molecule has 0 saturated heterocycles. The van der Waals surface area contributed by atoms with Crippen LogP contribution in [0.5, 0.6) is 5.88 Å². The number of rotatable bonds is 7. The average molecular weight is 356 g/mol. The summed E-state index contributed by atoms with van der Waals surface area (Å²) in [6.07, 6.45) is 3.38. The normalized spacial score (nSPS) is 14.8. The first kappa shape index (κ1) is 18.2. The van der Waals surface area contributed by atoms with Gasteiger partial charge < -0.3 is 15.2 Å². The monoisotopic (exact) mass is 356 g/mol. The topological polar surface area (TPSA) is 123 Å². The van der Waals surface area contributed by atoms with Crippen LogP contribution in [-0.2, 0) is 27.5 Å². The van der Waals surface area contributed by atoms with Crippen LogP contribution in [0.1, 0.15) is 34.5 Å². The van der Waals surface area contributed by atoms with E-state index in [0.29, 0.717) is 0 Å². The number of aryl methyl sites for hydroxylation is 2. The first-order valence-electron chi connectivity index (χ1n) is 7.49. The highest BCUT2D eigenvalue weighted by atomic mass is 32.2. The summed E-state index contributed by atoms with van der Waals surface area (Å²) in [5.74, 6) is -2.13. The molecular weight excluding hydrogens is 336 g/mol. The maximum Gasteiger partial charge on any atom is 0.326 e. The van der Waals surface area contributed by atoms with Gasteiger partial charge in [-0.05, 0) is 37.3 Å². The summed E-state index contributed by atoms with van der Waals surface area (Å²) in [5.41, 5.74) is 1.99. The van der Waals surface area contributed by atoms with Crippen LogP contribution in [-0.4, -0.2) is 55.5 Å². The van der Waals surface area contributed by atoms with E-state index >= 15 is 0 Å². The number of nitrogens with one attached hydrogen (secondary N) is 1. The van der Waals surface area contributed by atoms with Crippen molar-refractivity contribution in [3.8, 4) is 5.88 Å². The van der Waals surface area contributed by atoms with Crippen molar-refractivity contribution in [2.75, 3.05) is 19.1 Å². The summed E-state index contributed by atoms with van der Waals surface area (Å²) >= 11 is 0. The molecule has 1 amide bonds. The standard InChI is InChI=1S/C15H20N2O6S/c1-23-14-10(8-9-4-3-5-11(9)17-14)13(18)16-12(15(19)20)6-7-24(2,21)22/h8,12H,3-7H2,1-2H3,(H,16,18)(H,19,20)/t12-/m1/s1. The Bertz CT molecular complexity index is 759. The summed E-state index contributed by atoms with van der Waals surface area (Å²) < 4.78 is 27.5. The fourth-order valence-corrected chi connectivity index (χ4v) is 3.26. The minimum atomic E-state index is -3.33. The summed E-state index contributed by atoms with van der Waals surface area (Å²) in [4.78, 5) is 28.0. The predicted octanol–water partition coefficient (Wildman–Crippen LogP) is 0.197. The van der Waals surface area contributed by atoms with Crippen LogP contribution in [0, 0.1) is 0 Å². The van der Waals surface area contributed by atoms with Gasteiger partial charge in [0.2, 0.25) is 5.88 Å². The second-order valence-corrected chi connectivity index (χ2v) is 8.05. The Labute approximate surface area is 140 Å². The van der Waals surface area contributed by atoms with Crippen molar-refractivity contribution in [3.05, 3.63) is 22.9 Å². The number of carbonyl (C=O) groups excluding carboxylic acids is 1. The number of hydrogen-bond acceptors (Lipinski definition) is 6. The highest BCUT2D eigenvalue weighted by Crippen LogP contribution is 2.26. The molecule has 1 heterocycles. The third-order valence-electron chi connectivity index (χ3n) is 3.83. The van der Waals surface area contributed by atoms with E-state index < -0.39 is 27.8 Å². The lowest BCUT2D eigenvalue weighted by Gasteiger charge is -2.16. The SMILES string of the molecule is COc1nc2c(cc1C(=O)N[C@H](CCS(C)(=O)=O)C(=O)O)CCC2. The molecule has 9 heteroatoms. The highest BCUT2D eigenvalue weighted by molar-refractivity contribution is 7.90. The van der Waals surface area contributed by atoms with E-state index in [-0.39, 0.29) is 23.6 Å². The van der Waals surface area contributed by atoms with Crippen molar-refractivity contribution in [2.45, 2.75) is 31.7 Å². The highest BCUT2D eigenvalue weighted by Gasteiger charge is 2.26. The molecule has 1 aliphatic rings. The Morgan fingerprint density at radius 1 is 1.42 bits per heavy atom. The lowest BCUT2D eigenvalue weighted by molar-refractivity contribution is -0.139. The van der Waals surface area contributed by atoms with Crippen LogP contribution in [0.3, 0.4) is 0 Å². The first-order valence-corrected chi connectivity index (χ1v) is 9.55. The number of ether oxygens (including phenoxy) is 1. The number of amides is 1. The molecule has 1 aliphatic carbocycles. The number of carbonyl (C=O) groups is 2. The number of nitrogens with zero attached hydrogens (tertiary/aromatic N) is 1. The molecule has 1 aromatic rings. The van der Waals surface area contributed by atoms with Gasteiger partial charge in [-0.15, -0.1) is 0 Å². The molecule has 0 bridgehead atoms. The lowest BCUT2D eigenvalue weighted by atomic mass is 10.1. The van der Waals surface area contributed by atoms with Crippen LogP contribution in [0.25, 0.3) is 0 Å². The minimum absolute atomic E-state index is 0.139. The Morgan fingerprint density at radius 2 is 2.12 bits per heavy atom. The van der Waals surface area contributed by atoms with Crippen molar-refractivity contribution in [3.63, 3.8) is 0 Å². The lowest BCUT2D eigenvalue weighted by Crippen LogP contribution is -2.42. The molecule has 1 aromatic heterocycles. The molecule has 0 fully saturated rings. The van der Waals surface area contributed by atoms with Crippen molar-refractivity contribution in [1.29, 1.82) is 0 Å². The zero-order valence-corrected chi connectivity index (χ0v) is 14.4. The zero-order chi connectivity index (χ0) is 17.9. The molecule has 0 aliphatic heterocycles. The van der Waals surface area contributed by atoms with E-state index in [9.17, 15) is 23.1 Å². The van der Waals surface area contributed by atoms with Gasteiger partial charge in [-0.1, -0.05) is 0 Å². The van der Waals surface area contributed by atoms with E-state index in [1.165, 1.54) is 7.11 Å². The van der Waals surface area contributed by atoms with E-state index in [1.54, 1.807) is 6.07 Å². The number of carboxylic acids is 1. The average Bonchev–Trinajstić information content (AvgIpc) is 2.95. The Morgan fingerprint density at radius 3 is 2.71 bits per heavy atom. The number of aliphatic carboxylic acids is 1. The van der Waals surface area contributed by atoms with Crippen LogP contribution in [0.2, 0.25) is 0 Å². The van der Waals surface area contributed by atoms with Gasteiger partial charge in [-0.3, -0.25) is 4.79 Å². The maximum absolute atomic E-state index is 12.4. The van der Waals surface area contributed by atoms with Gasteiger partial charge in [0.15, 0.2) is 0 Å². The first-order chi connectivity index (χ1) is 11.2. The minimum Gasteiger partial charge on any atom is -0.480 e. The number of aromatic nitrogens is 1. The van der Waals surface area contributed by atoms with Crippen molar-refractivity contribution in [1.82, 2.24) is 10.3 Å². The summed E-state index contributed by atoms with van der Waals surface area (Å²) in [6.45, 7) is 0. The zero-order valence-electron chi connectivity index (χ0n) is 13.5. The molecule has 0 unspecified atom stereocenters. The number of sulfone groups is 1. The Balaban J connectivity index is 2.19. The van der Waals surface area contributed by atoms with Crippen molar-refractivity contribution >= 4 is 21.7 Å². The van der Waals surface area contributed by atoms with E-state index in [2.05, 4.69) is 10.3 Å². The van der Waals surface area contributed by atoms with Crippen LogP contribution < -0.4 is 10.1 Å². The van der Waals surface area contributed by atoms with Gasteiger partial charge in [0.25, 0.3) is 5.91 Å². The predicted molar refractivity (Wildman–Crippen MR) is 86.0 cm³/mol. The largest absolute Gasteiger partial charge is 0.480 e. The van der Waals surface area contributed by atoms with Gasteiger partial charge in [0, 0.05) is 11.9 Å². The van der Waals surface area contributed by atoms with Gasteiger partial charge in [-0.25, -0.2) is 18.2 Å². The van der Waals surface area contributed by atoms with Crippen LogP contribution in [0.4, 0.5) is 0 Å². The molecular formula is C15H20N2O6S. The quantitative estimate of drug-likeness (QED) is 0.715. The number of methoxy groups -OCH3 is 1. The van der Waals surface area contributed by atoms with Crippen molar-refractivity contribution in [2.24, 2.45) is 0 Å². The molecule has 0 spiro atoms. The fraction of sp³-hybridized carbons (Fsp3) is 0.533. The molecule has 2 rings (SSSR count). The van der Waals surface area contributed by atoms with Gasteiger partial charge in [-0.2, -0.15) is 0 Å². The number of carboxylic acid groups (broad SMARTS) is 1. The third kappa shape index (κ3) is 4.44. The number of pyridine rings is 1. The van der Waals surface area contributed by atoms with E-state index in [1.807, 2.05) is 0 Å². The van der Waals surface area contributed by atoms with Gasteiger partial charge in [0.05, 0.1) is 12.9 Å². The molecule has 1 atom stereocenters. The van der Waals surface area contributed by atoms with E-state index in [0.717, 1.165) is 36.8 Å². The third-order valence-corrected chi connectivity index (χ3v) is 4.81. The second kappa shape index (κ2) is 7.16. The smallest absolute Gasteiger partial charge is 0.326 e. The summed E-state index contributed by atoms with van der Waals surface area (Å²) in [7, 11) is -1.94. The maximum atomic E-state index is 12.4. The Kier molecular flexibility index (Phi) is 5.43. The van der Waals surface area contributed by atoms with Crippen LogP contribution >= 0.6 is 0 Å². The molecule has 8 nitrogen and oxygen atoms in total. The van der Waals surface area contributed by atoms with Gasteiger partial charge in [0.1, 0.15) is 21.4 Å². The molecule has 132 valence electrons. The molecule has 0 aromatic carbocycles. The molecule has 24 heavy (non-hydrogen) atoms. The second-order valence-electron chi connectivity index (χ2n) is 5.79. The van der Waals surface area contributed by atoms with Gasteiger partial charge >= 0.3 is 5.97 Å². The van der Waals surface area contributed by atoms with Crippen molar-refractivity contribution < 1.29 is 27.9 Å². The molecule has 0 saturated carbocycles. The summed E-state index contributed by atoms with van der Waals surface area (Å²) in [5, 5.41) is 11.5. The number of fused-ring (bicyclic) bond motifs is 1. The Hall–Kier alpha value is -2.16. The number of hydrogen-bond donors (Lipinski definition) is 2. The van der Waals surface area contributed by atoms with Crippen LogP contribution in [0.15, 0.2) is 6.07 Å².